The fourth-order valence-corrected chi connectivity index (χ4v) is 2.16. The number of ether oxygens (including phenoxy) is 3. The molecule has 0 aromatic carbocycles. The topological polar surface area (TPSA) is 112 Å². The van der Waals surface area contributed by atoms with Crippen molar-refractivity contribution in [1.82, 2.24) is 0 Å². The summed E-state index contributed by atoms with van der Waals surface area (Å²) in [4.78, 5) is 0. The Balaban J connectivity index is 0.000000195. The van der Waals surface area contributed by atoms with E-state index in [2.05, 4.69) is 5.16 Å². The van der Waals surface area contributed by atoms with Gasteiger partial charge in [0.05, 0.1) is 57.4 Å². The number of hydrogen-bond acceptors (Lipinski definition) is 7. The van der Waals surface area contributed by atoms with Crippen molar-refractivity contribution < 1.29 is 37.0 Å². The third-order valence-electron chi connectivity index (χ3n) is 4.05. The molecule has 2 unspecified atom stereocenters. The van der Waals surface area contributed by atoms with Gasteiger partial charge in [0.2, 0.25) is 0 Å². The van der Waals surface area contributed by atoms with Crippen LogP contribution in [0, 0.1) is 0 Å². The van der Waals surface area contributed by atoms with E-state index in [1.54, 1.807) is 0 Å². The fourth-order valence-electron chi connectivity index (χ4n) is 2.16. The third kappa shape index (κ3) is 8.12. The highest BCUT2D eigenvalue weighted by atomic mass is 19.3. The summed E-state index contributed by atoms with van der Waals surface area (Å²) >= 11 is 0. The van der Waals surface area contributed by atoms with Crippen molar-refractivity contribution in [2.24, 2.45) is 16.6 Å². The number of nitrogens with zero attached hydrogens (tertiary/aromatic N) is 1. The van der Waals surface area contributed by atoms with Crippen LogP contribution in [0.15, 0.2) is 5.16 Å². The molecule has 0 amide bonds. The number of alkyl halides is 4. The standard InChI is InChI=1S/2C5H9F2NO.C5H9NO2/c2*6-5(7)1-2-9-3-4(5)8;7-6-5-1-3-8-4-2-5/h2*4H,1-3,8H2;7H,1-4H2. The lowest BCUT2D eigenvalue weighted by Crippen LogP contribution is -2.48. The molecule has 3 aliphatic heterocycles. The summed E-state index contributed by atoms with van der Waals surface area (Å²) in [6.07, 6.45) is 1.09. The van der Waals surface area contributed by atoms with Gasteiger partial charge in [-0.05, 0) is 0 Å². The summed E-state index contributed by atoms with van der Waals surface area (Å²) in [5, 5.41) is 11.3. The molecule has 0 aliphatic carbocycles. The van der Waals surface area contributed by atoms with E-state index in [0.717, 1.165) is 18.6 Å². The number of hydrogen-bond donors (Lipinski definition) is 3. The highest BCUT2D eigenvalue weighted by molar-refractivity contribution is 5.84. The Morgan fingerprint density at radius 3 is 1.46 bits per heavy atom. The minimum Gasteiger partial charge on any atom is -0.411 e. The first-order valence-electron chi connectivity index (χ1n) is 8.39. The largest absolute Gasteiger partial charge is 0.411 e. The van der Waals surface area contributed by atoms with Crippen LogP contribution in [0.2, 0.25) is 0 Å². The molecular formula is C15H27F4N3O4. The van der Waals surface area contributed by atoms with Crippen molar-refractivity contribution in [3.63, 3.8) is 0 Å². The maximum Gasteiger partial charge on any atom is 0.267 e. The Morgan fingerprint density at radius 2 is 1.23 bits per heavy atom. The van der Waals surface area contributed by atoms with Gasteiger partial charge >= 0.3 is 0 Å². The van der Waals surface area contributed by atoms with Gasteiger partial charge in [-0.1, -0.05) is 5.16 Å². The summed E-state index contributed by atoms with van der Waals surface area (Å²) in [7, 11) is 0. The molecule has 154 valence electrons. The van der Waals surface area contributed by atoms with Crippen LogP contribution < -0.4 is 11.5 Å². The van der Waals surface area contributed by atoms with Crippen molar-refractivity contribution in [1.29, 1.82) is 0 Å². The number of oxime groups is 1. The molecule has 0 bridgehead atoms. The maximum absolute atomic E-state index is 12.4. The molecule has 3 saturated heterocycles. The lowest BCUT2D eigenvalue weighted by atomic mass is 10.1. The van der Waals surface area contributed by atoms with Crippen LogP contribution in [0.1, 0.15) is 25.7 Å². The zero-order chi connectivity index (χ0) is 19.6. The highest BCUT2D eigenvalue weighted by Gasteiger charge is 2.40. The van der Waals surface area contributed by atoms with Crippen molar-refractivity contribution in [2.75, 3.05) is 39.6 Å². The van der Waals surface area contributed by atoms with Crippen LogP contribution >= 0.6 is 0 Å². The summed E-state index contributed by atoms with van der Waals surface area (Å²) in [5.74, 6) is -5.42. The van der Waals surface area contributed by atoms with Gasteiger partial charge in [0.25, 0.3) is 11.8 Å². The van der Waals surface area contributed by atoms with E-state index >= 15 is 0 Å². The normalized spacial score (nSPS) is 30.2. The van der Waals surface area contributed by atoms with Crippen LogP contribution in [0.25, 0.3) is 0 Å². The molecule has 0 saturated carbocycles. The van der Waals surface area contributed by atoms with E-state index in [4.69, 9.17) is 30.9 Å². The summed E-state index contributed by atoms with van der Waals surface area (Å²) in [6.45, 7) is 1.63. The number of rotatable bonds is 0. The Labute approximate surface area is 149 Å². The molecule has 11 heteroatoms. The number of halogens is 4. The van der Waals surface area contributed by atoms with E-state index in [1.807, 2.05) is 0 Å². The van der Waals surface area contributed by atoms with E-state index in [1.165, 1.54) is 0 Å². The van der Waals surface area contributed by atoms with E-state index in [9.17, 15) is 17.6 Å². The molecular weight excluding hydrogens is 362 g/mol. The third-order valence-corrected chi connectivity index (χ3v) is 4.05. The highest BCUT2D eigenvalue weighted by Crippen LogP contribution is 2.25. The second-order valence-electron chi connectivity index (χ2n) is 6.16. The average Bonchev–Trinajstić information content (AvgIpc) is 2.62. The molecule has 0 spiro atoms. The first-order chi connectivity index (χ1) is 12.2. The zero-order valence-electron chi connectivity index (χ0n) is 14.5. The van der Waals surface area contributed by atoms with Gasteiger partial charge in [-0.2, -0.15) is 0 Å². The molecule has 3 heterocycles. The van der Waals surface area contributed by atoms with Crippen LogP contribution in [-0.2, 0) is 14.2 Å². The van der Waals surface area contributed by atoms with Gasteiger partial charge < -0.3 is 30.9 Å². The lowest BCUT2D eigenvalue weighted by molar-refractivity contribution is -0.108. The van der Waals surface area contributed by atoms with Crippen LogP contribution in [0.4, 0.5) is 17.6 Å². The maximum atomic E-state index is 12.4. The van der Waals surface area contributed by atoms with Crippen LogP contribution in [0.5, 0.6) is 0 Å². The predicted octanol–water partition coefficient (Wildman–Crippen LogP) is 1.37. The molecule has 5 N–H and O–H groups in total. The lowest BCUT2D eigenvalue weighted by Gasteiger charge is -2.27. The first kappa shape index (κ1) is 23.0. The first-order valence-corrected chi connectivity index (χ1v) is 8.39. The molecule has 7 nitrogen and oxygen atoms in total. The summed E-state index contributed by atoms with van der Waals surface area (Å²) < 4.78 is 64.0. The second-order valence-corrected chi connectivity index (χ2v) is 6.16. The number of nitrogens with two attached hydrogens (primary N) is 2. The molecule has 2 atom stereocenters. The molecule has 0 aromatic heterocycles. The summed E-state index contributed by atoms with van der Waals surface area (Å²) in [6, 6.07) is -2.21. The Kier molecular flexibility index (Phi) is 9.72. The Hall–Kier alpha value is -1.01. The molecule has 26 heavy (non-hydrogen) atoms. The Morgan fingerprint density at radius 1 is 0.808 bits per heavy atom. The molecule has 3 fully saturated rings. The summed E-state index contributed by atoms with van der Waals surface area (Å²) in [5.41, 5.74) is 10.9. The monoisotopic (exact) mass is 389 g/mol. The minimum absolute atomic E-state index is 0.0208. The smallest absolute Gasteiger partial charge is 0.267 e. The predicted molar refractivity (Wildman–Crippen MR) is 86.0 cm³/mol. The van der Waals surface area contributed by atoms with E-state index < -0.39 is 23.9 Å². The van der Waals surface area contributed by atoms with Gasteiger partial charge in [-0.3, -0.25) is 0 Å². The van der Waals surface area contributed by atoms with Gasteiger partial charge in [0.1, 0.15) is 0 Å². The SMILES string of the molecule is NC1COCCC1(F)F.NC1COCCC1(F)F.ON=C1CCOCC1. The molecule has 0 aromatic rings. The molecule has 3 aliphatic rings. The molecule has 0 radical (unpaired) electrons. The quantitative estimate of drug-likeness (QED) is 0.328. The van der Waals surface area contributed by atoms with Crippen molar-refractivity contribution in [3.05, 3.63) is 0 Å². The van der Waals surface area contributed by atoms with Gasteiger partial charge in [-0.15, -0.1) is 0 Å². The van der Waals surface area contributed by atoms with Gasteiger partial charge in [0, 0.05) is 25.7 Å². The van der Waals surface area contributed by atoms with Crippen LogP contribution in [0.3, 0.4) is 0 Å². The van der Waals surface area contributed by atoms with Gasteiger partial charge in [0.15, 0.2) is 0 Å². The van der Waals surface area contributed by atoms with Gasteiger partial charge in [-0.25, -0.2) is 17.6 Å². The fraction of sp³-hybridized carbons (Fsp3) is 0.933. The van der Waals surface area contributed by atoms with E-state index in [-0.39, 0.29) is 39.3 Å². The van der Waals surface area contributed by atoms with E-state index in [0.29, 0.717) is 13.2 Å². The van der Waals surface area contributed by atoms with Crippen molar-refractivity contribution >= 4 is 5.71 Å². The Bertz CT molecular complexity index is 407. The second kappa shape index (κ2) is 11.0. The van der Waals surface area contributed by atoms with Crippen LogP contribution in [-0.4, -0.2) is 74.5 Å². The molecule has 3 rings (SSSR count). The van der Waals surface area contributed by atoms with Crippen molar-refractivity contribution in [3.8, 4) is 0 Å². The average molecular weight is 389 g/mol. The van der Waals surface area contributed by atoms with Crippen molar-refractivity contribution in [2.45, 2.75) is 49.6 Å². The zero-order valence-corrected chi connectivity index (χ0v) is 14.5. The minimum atomic E-state index is -2.71.